The van der Waals surface area contributed by atoms with Crippen LogP contribution in [0.25, 0.3) is 0 Å². The lowest BCUT2D eigenvalue weighted by atomic mass is 10.2. The Morgan fingerprint density at radius 1 is 1.64 bits per heavy atom. The van der Waals surface area contributed by atoms with E-state index in [0.29, 0.717) is 16.7 Å². The van der Waals surface area contributed by atoms with E-state index >= 15 is 0 Å². The van der Waals surface area contributed by atoms with E-state index in [1.165, 1.54) is 13.2 Å². The third kappa shape index (κ3) is 3.98. The molecule has 0 amide bonds. The molecule has 3 heteroatoms. The van der Waals surface area contributed by atoms with Crippen LogP contribution in [-0.4, -0.2) is 12.4 Å². The molecule has 0 saturated carbocycles. The van der Waals surface area contributed by atoms with E-state index in [9.17, 15) is 4.39 Å². The molecule has 0 aliphatic carbocycles. The molecule has 0 N–H and O–H groups in total. The van der Waals surface area contributed by atoms with Crippen molar-refractivity contribution in [2.75, 3.05) is 12.4 Å². The molecular formula is C8H10BrFO. The van der Waals surface area contributed by atoms with Crippen molar-refractivity contribution in [3.05, 3.63) is 36.4 Å². The molecule has 0 radical (unpaired) electrons. The van der Waals surface area contributed by atoms with Crippen LogP contribution in [0, 0.1) is 0 Å². The molecule has 0 heterocycles. The monoisotopic (exact) mass is 220 g/mol. The molecule has 11 heavy (non-hydrogen) atoms. The molecule has 0 saturated heterocycles. The van der Waals surface area contributed by atoms with Gasteiger partial charge >= 0.3 is 0 Å². The van der Waals surface area contributed by atoms with E-state index < -0.39 is 5.83 Å². The summed E-state index contributed by atoms with van der Waals surface area (Å²) < 4.78 is 17.2. The quantitative estimate of drug-likeness (QED) is 0.403. The molecule has 0 aromatic heterocycles. The average Bonchev–Trinajstić information content (AvgIpc) is 1.99. The molecule has 0 aromatic rings. The summed E-state index contributed by atoms with van der Waals surface area (Å²) in [6, 6.07) is 0. The van der Waals surface area contributed by atoms with Crippen LogP contribution in [0.2, 0.25) is 0 Å². The van der Waals surface area contributed by atoms with Crippen LogP contribution >= 0.6 is 15.9 Å². The summed E-state index contributed by atoms with van der Waals surface area (Å²) in [5.41, 5.74) is 0.442. The van der Waals surface area contributed by atoms with Gasteiger partial charge < -0.3 is 4.74 Å². The van der Waals surface area contributed by atoms with E-state index in [0.717, 1.165) is 0 Å². The van der Waals surface area contributed by atoms with Gasteiger partial charge in [0.25, 0.3) is 0 Å². The van der Waals surface area contributed by atoms with Crippen molar-refractivity contribution in [3.63, 3.8) is 0 Å². The fourth-order valence-corrected chi connectivity index (χ4v) is 0.909. The molecule has 1 nitrogen and oxygen atoms in total. The first kappa shape index (κ1) is 10.4. The van der Waals surface area contributed by atoms with Gasteiger partial charge in [-0.25, -0.2) is 4.39 Å². The van der Waals surface area contributed by atoms with Crippen molar-refractivity contribution >= 4 is 15.9 Å². The van der Waals surface area contributed by atoms with Gasteiger partial charge in [-0.2, -0.15) is 0 Å². The molecule has 0 unspecified atom stereocenters. The largest absolute Gasteiger partial charge is 0.497 e. The van der Waals surface area contributed by atoms with Crippen LogP contribution in [0.4, 0.5) is 4.39 Å². The molecule has 0 aliphatic heterocycles. The van der Waals surface area contributed by atoms with E-state index in [4.69, 9.17) is 4.74 Å². The van der Waals surface area contributed by atoms with Crippen molar-refractivity contribution in [1.82, 2.24) is 0 Å². The van der Waals surface area contributed by atoms with Crippen molar-refractivity contribution in [1.29, 1.82) is 0 Å². The van der Waals surface area contributed by atoms with Crippen LogP contribution in [0.5, 0.6) is 0 Å². The molecule has 0 spiro atoms. The highest BCUT2D eigenvalue weighted by Crippen LogP contribution is 2.14. The maximum atomic E-state index is 12.5. The number of hydrogen-bond acceptors (Lipinski definition) is 1. The number of hydrogen-bond donors (Lipinski definition) is 0. The minimum atomic E-state index is -0.472. The Kier molecular flexibility index (Phi) is 4.86. The second-order valence-electron chi connectivity index (χ2n) is 1.88. The van der Waals surface area contributed by atoms with Gasteiger partial charge in [0.2, 0.25) is 0 Å². The summed E-state index contributed by atoms with van der Waals surface area (Å²) in [5, 5.41) is 0.407. The number of methoxy groups -OCH3 is 1. The molecule has 0 bridgehead atoms. The van der Waals surface area contributed by atoms with Gasteiger partial charge in [-0.1, -0.05) is 29.1 Å². The number of ether oxygens (including phenoxy) is 1. The van der Waals surface area contributed by atoms with Crippen molar-refractivity contribution in [3.8, 4) is 0 Å². The van der Waals surface area contributed by atoms with Crippen molar-refractivity contribution in [2.45, 2.75) is 0 Å². The first-order valence-electron chi connectivity index (χ1n) is 2.96. The van der Waals surface area contributed by atoms with Crippen LogP contribution in [-0.2, 0) is 4.74 Å². The molecule has 0 rings (SSSR count). The Labute approximate surface area is 74.4 Å². The number of halogens is 2. The fraction of sp³-hybridized carbons (Fsp3) is 0.250. The van der Waals surface area contributed by atoms with Crippen LogP contribution < -0.4 is 0 Å². The second-order valence-corrected chi connectivity index (χ2v) is 2.44. The average molecular weight is 221 g/mol. The lowest BCUT2D eigenvalue weighted by molar-refractivity contribution is 0.308. The zero-order valence-corrected chi connectivity index (χ0v) is 7.95. The van der Waals surface area contributed by atoms with E-state index in [2.05, 4.69) is 29.1 Å². The minimum Gasteiger partial charge on any atom is -0.497 e. The van der Waals surface area contributed by atoms with Crippen LogP contribution in [0.3, 0.4) is 0 Å². The van der Waals surface area contributed by atoms with Crippen molar-refractivity contribution < 1.29 is 9.13 Å². The second kappa shape index (κ2) is 5.13. The molecular weight excluding hydrogens is 211 g/mol. The highest BCUT2D eigenvalue weighted by Gasteiger charge is 1.99. The Hall–Kier alpha value is -0.570. The molecule has 0 aliphatic rings. The van der Waals surface area contributed by atoms with Gasteiger partial charge in [0.1, 0.15) is 11.6 Å². The van der Waals surface area contributed by atoms with Crippen LogP contribution in [0.1, 0.15) is 0 Å². The van der Waals surface area contributed by atoms with Gasteiger partial charge in [0, 0.05) is 10.9 Å². The minimum absolute atomic E-state index is 0.407. The lowest BCUT2D eigenvalue weighted by Gasteiger charge is -2.00. The Morgan fingerprint density at radius 2 is 2.18 bits per heavy atom. The maximum Gasteiger partial charge on any atom is 0.120 e. The molecule has 62 valence electrons. The van der Waals surface area contributed by atoms with E-state index in [-0.39, 0.29) is 0 Å². The Morgan fingerprint density at radius 3 is 2.45 bits per heavy atom. The summed E-state index contributed by atoms with van der Waals surface area (Å²) in [6.07, 6.45) is 1.50. The van der Waals surface area contributed by atoms with Gasteiger partial charge in [0.15, 0.2) is 0 Å². The topological polar surface area (TPSA) is 9.23 Å². The number of allylic oxidation sites excluding steroid dienone is 3. The first-order chi connectivity index (χ1) is 5.11. The van der Waals surface area contributed by atoms with Gasteiger partial charge in [-0.3, -0.25) is 0 Å². The van der Waals surface area contributed by atoms with E-state index in [1.807, 2.05) is 0 Å². The first-order valence-corrected chi connectivity index (χ1v) is 4.08. The summed E-state index contributed by atoms with van der Waals surface area (Å²) >= 11 is 3.11. The van der Waals surface area contributed by atoms with Gasteiger partial charge in [0.05, 0.1) is 7.11 Å². The third-order valence-electron chi connectivity index (χ3n) is 1.09. The molecule has 0 fully saturated rings. The summed E-state index contributed by atoms with van der Waals surface area (Å²) in [6.45, 7) is 6.67. The Balaban J connectivity index is 4.35. The predicted molar refractivity (Wildman–Crippen MR) is 48.3 cm³/mol. The molecule has 0 aromatic carbocycles. The standard InChI is InChI=1S/C8H10BrFO/c1-6(11-3)4-8(5-9)7(2)10/h4H,1-2,5H2,3H3/b8-4-. The van der Waals surface area contributed by atoms with Crippen molar-refractivity contribution in [2.24, 2.45) is 0 Å². The fourth-order valence-electron chi connectivity index (χ4n) is 0.443. The maximum absolute atomic E-state index is 12.5. The third-order valence-corrected chi connectivity index (χ3v) is 1.69. The lowest BCUT2D eigenvalue weighted by Crippen LogP contribution is -1.87. The SMILES string of the molecule is C=C(/C=C(/CBr)C(=C)F)OC. The zero-order chi connectivity index (χ0) is 8.85. The number of alkyl halides is 1. The van der Waals surface area contributed by atoms with Gasteiger partial charge in [-0.15, -0.1) is 0 Å². The molecule has 0 atom stereocenters. The predicted octanol–water partition coefficient (Wildman–Crippen LogP) is 2.95. The highest BCUT2D eigenvalue weighted by atomic mass is 79.9. The zero-order valence-electron chi connectivity index (χ0n) is 6.36. The number of rotatable bonds is 4. The smallest absolute Gasteiger partial charge is 0.120 e. The Bertz CT molecular complexity index is 196. The highest BCUT2D eigenvalue weighted by molar-refractivity contribution is 9.09. The normalized spacial score (nSPS) is 11.0. The van der Waals surface area contributed by atoms with Gasteiger partial charge in [-0.05, 0) is 6.08 Å². The summed E-state index contributed by atoms with van der Waals surface area (Å²) in [4.78, 5) is 0. The summed E-state index contributed by atoms with van der Waals surface area (Å²) in [7, 11) is 1.48. The van der Waals surface area contributed by atoms with Crippen LogP contribution in [0.15, 0.2) is 36.4 Å². The summed E-state index contributed by atoms with van der Waals surface area (Å²) in [5.74, 6) is -0.0571. The van der Waals surface area contributed by atoms with E-state index in [1.54, 1.807) is 0 Å².